The molecule has 2 N–H and O–H groups in total. The smallest absolute Gasteiger partial charge is 0.492 e. The van der Waals surface area contributed by atoms with Gasteiger partial charge >= 0.3 is 7.82 Å². The molecular weight excluding hydrogens is 501 g/mol. The number of fused-ring (bicyclic) bond motifs is 1. The van der Waals surface area contributed by atoms with E-state index in [2.05, 4.69) is 36.9 Å². The largest absolute Gasteiger partial charge is 0.524 e. The molecule has 0 amide bonds. The van der Waals surface area contributed by atoms with Crippen LogP contribution in [-0.2, 0) is 4.57 Å². The van der Waals surface area contributed by atoms with E-state index in [1.807, 2.05) is 31.2 Å². The monoisotopic (exact) mass is 535 g/mol. The van der Waals surface area contributed by atoms with Gasteiger partial charge in [-0.25, -0.2) is 4.57 Å². The third-order valence-corrected chi connectivity index (χ3v) is 7.66. The molecule has 2 aliphatic heterocycles. The number of nitrogens with zero attached hydrogens (tertiary/aromatic N) is 1. The van der Waals surface area contributed by atoms with Crippen LogP contribution in [0.25, 0.3) is 11.1 Å². The van der Waals surface area contributed by atoms with Crippen molar-refractivity contribution in [2.24, 2.45) is 5.92 Å². The topological polar surface area (TPSA) is 88.5 Å². The molecule has 8 heteroatoms. The Hall–Kier alpha value is -3.09. The van der Waals surface area contributed by atoms with Gasteiger partial charge in [0.1, 0.15) is 30.0 Å². The lowest BCUT2D eigenvalue weighted by Gasteiger charge is -2.31. The summed E-state index contributed by atoms with van der Waals surface area (Å²) < 4.78 is 28.6. The fraction of sp³-hybridized carbons (Fsp3) is 0.333. The van der Waals surface area contributed by atoms with E-state index in [4.69, 9.17) is 23.8 Å². The fourth-order valence-corrected chi connectivity index (χ4v) is 5.66. The zero-order valence-corrected chi connectivity index (χ0v) is 22.9. The molecule has 0 aliphatic carbocycles. The Bertz CT molecular complexity index is 1360. The number of phosphoric acid groups is 1. The second-order valence-electron chi connectivity index (χ2n) is 10.3. The quantitative estimate of drug-likeness (QED) is 0.330. The number of ether oxygens (including phenoxy) is 2. The first kappa shape index (κ1) is 26.5. The van der Waals surface area contributed by atoms with E-state index < -0.39 is 7.82 Å². The highest BCUT2D eigenvalue weighted by atomic mass is 31.2. The number of rotatable bonds is 8. The van der Waals surface area contributed by atoms with Crippen molar-refractivity contribution in [1.29, 1.82) is 0 Å². The third-order valence-electron chi connectivity index (χ3n) is 7.21. The third kappa shape index (κ3) is 6.13. The molecule has 1 fully saturated rings. The van der Waals surface area contributed by atoms with Crippen molar-refractivity contribution >= 4 is 19.0 Å². The highest BCUT2D eigenvalue weighted by Gasteiger charge is 2.29. The van der Waals surface area contributed by atoms with Gasteiger partial charge in [0.15, 0.2) is 0 Å². The zero-order chi connectivity index (χ0) is 26.9. The van der Waals surface area contributed by atoms with E-state index >= 15 is 0 Å². The summed E-state index contributed by atoms with van der Waals surface area (Å²) in [6.45, 7) is 10.3. The lowest BCUT2D eigenvalue weighted by atomic mass is 9.86. The second kappa shape index (κ2) is 11.0. The molecule has 1 unspecified atom stereocenters. The summed E-state index contributed by atoms with van der Waals surface area (Å²) in [6, 6.07) is 21.0. The summed E-state index contributed by atoms with van der Waals surface area (Å²) in [5, 5.41) is 0. The molecule has 38 heavy (non-hydrogen) atoms. The normalized spacial score (nSPS) is 19.7. The van der Waals surface area contributed by atoms with Gasteiger partial charge in [0.2, 0.25) is 0 Å². The van der Waals surface area contributed by atoms with Gasteiger partial charge in [-0.15, -0.1) is 0 Å². The molecule has 200 valence electrons. The van der Waals surface area contributed by atoms with Crippen LogP contribution in [0.4, 0.5) is 0 Å². The molecule has 1 saturated heterocycles. The molecule has 0 bridgehead atoms. The molecule has 0 radical (unpaired) electrons. The number of allylic oxidation sites excluding steroid dienone is 1. The minimum atomic E-state index is -4.63. The minimum Gasteiger partial charge on any atom is -0.492 e. The van der Waals surface area contributed by atoms with Crippen LogP contribution < -0.4 is 14.0 Å². The van der Waals surface area contributed by atoms with Gasteiger partial charge in [0, 0.05) is 24.2 Å². The Balaban J connectivity index is 1.40. The maximum absolute atomic E-state index is 11.2. The molecule has 2 aliphatic rings. The molecule has 3 aromatic carbocycles. The van der Waals surface area contributed by atoms with E-state index in [1.54, 1.807) is 24.3 Å². The Morgan fingerprint density at radius 2 is 1.71 bits per heavy atom. The average Bonchev–Trinajstić information content (AvgIpc) is 3.29. The maximum Gasteiger partial charge on any atom is 0.524 e. The van der Waals surface area contributed by atoms with Crippen LogP contribution >= 0.6 is 7.82 Å². The highest BCUT2D eigenvalue weighted by Crippen LogP contribution is 2.47. The van der Waals surface area contributed by atoms with Crippen LogP contribution in [-0.4, -0.2) is 40.9 Å². The van der Waals surface area contributed by atoms with Crippen LogP contribution in [0, 0.1) is 12.8 Å². The summed E-state index contributed by atoms with van der Waals surface area (Å²) in [6.07, 6.45) is 0.894. The van der Waals surface area contributed by atoms with E-state index in [1.165, 1.54) is 6.42 Å². The minimum absolute atomic E-state index is 0.106. The van der Waals surface area contributed by atoms with E-state index in [0.29, 0.717) is 6.61 Å². The average molecular weight is 536 g/mol. The van der Waals surface area contributed by atoms with E-state index in [0.717, 1.165) is 70.5 Å². The van der Waals surface area contributed by atoms with E-state index in [9.17, 15) is 4.57 Å². The lowest BCUT2D eigenvalue weighted by molar-refractivity contribution is 0.233. The van der Waals surface area contributed by atoms with Gasteiger partial charge in [-0.3, -0.25) is 14.7 Å². The van der Waals surface area contributed by atoms with Crippen molar-refractivity contribution in [3.8, 4) is 17.2 Å². The number of hydrogen-bond acceptors (Lipinski definition) is 5. The van der Waals surface area contributed by atoms with Crippen molar-refractivity contribution in [3.63, 3.8) is 0 Å². The van der Waals surface area contributed by atoms with E-state index in [-0.39, 0.29) is 11.9 Å². The van der Waals surface area contributed by atoms with Gasteiger partial charge in [0.25, 0.3) is 0 Å². The summed E-state index contributed by atoms with van der Waals surface area (Å²) in [4.78, 5) is 20.7. The SMILES string of the molecule is CC1=C(c2ccc(OP(=O)(O)O)cc2)C(c2ccc(OCCN3CC[C@@H](C)C3)cc2)Oc2cc(C)ccc21. The van der Waals surface area contributed by atoms with Crippen molar-refractivity contribution in [2.75, 3.05) is 26.2 Å². The van der Waals surface area contributed by atoms with Crippen LogP contribution in [0.1, 0.15) is 48.6 Å². The number of benzene rings is 3. The van der Waals surface area contributed by atoms with Gasteiger partial charge in [-0.1, -0.05) is 43.3 Å². The van der Waals surface area contributed by atoms with Crippen LogP contribution in [0.15, 0.2) is 66.7 Å². The summed E-state index contributed by atoms with van der Waals surface area (Å²) >= 11 is 0. The predicted molar refractivity (Wildman–Crippen MR) is 148 cm³/mol. The molecule has 2 atom stereocenters. The number of aryl methyl sites for hydroxylation is 1. The van der Waals surface area contributed by atoms with Crippen molar-refractivity contribution in [1.82, 2.24) is 4.90 Å². The summed E-state index contributed by atoms with van der Waals surface area (Å²) in [5.74, 6) is 2.53. The van der Waals surface area contributed by atoms with Gasteiger partial charge in [-0.05, 0) is 85.3 Å². The zero-order valence-electron chi connectivity index (χ0n) is 22.0. The Kier molecular flexibility index (Phi) is 7.64. The van der Waals surface area contributed by atoms with Crippen molar-refractivity contribution in [3.05, 3.63) is 89.0 Å². The highest BCUT2D eigenvalue weighted by molar-refractivity contribution is 7.46. The van der Waals surface area contributed by atoms with Gasteiger partial charge < -0.3 is 14.0 Å². The Labute approximate surface area is 223 Å². The van der Waals surface area contributed by atoms with Crippen LogP contribution in [0.5, 0.6) is 17.2 Å². The molecule has 7 nitrogen and oxygen atoms in total. The second-order valence-corrected chi connectivity index (χ2v) is 11.4. The maximum atomic E-state index is 11.2. The van der Waals surface area contributed by atoms with Gasteiger partial charge in [0.05, 0.1) is 0 Å². The molecule has 0 aromatic heterocycles. The van der Waals surface area contributed by atoms with Crippen molar-refractivity contribution < 1.29 is 28.3 Å². The molecule has 0 saturated carbocycles. The molecule has 2 heterocycles. The summed E-state index contributed by atoms with van der Waals surface area (Å²) in [5.41, 5.74) is 6.09. The first-order valence-corrected chi connectivity index (χ1v) is 14.5. The standard InChI is InChI=1S/C30H34NO6P/c1-20-4-13-27-22(3)29(23-5-11-26(12-6-23)37-38(32,33)34)30(36-28(27)18-20)24-7-9-25(10-8-24)35-17-16-31-15-14-21(2)19-31/h4-13,18,21,30H,14-17,19H2,1-3H3,(H2,32,33,34)/t21-,30?/m1/s1. The van der Waals surface area contributed by atoms with Crippen LogP contribution in [0.3, 0.4) is 0 Å². The van der Waals surface area contributed by atoms with Crippen LogP contribution in [0.2, 0.25) is 0 Å². The van der Waals surface area contributed by atoms with Crippen molar-refractivity contribution in [2.45, 2.75) is 33.3 Å². The molecule has 0 spiro atoms. The number of likely N-dealkylation sites (tertiary alicyclic amines) is 1. The Morgan fingerprint density at radius 1 is 1.00 bits per heavy atom. The molecule has 5 rings (SSSR count). The lowest BCUT2D eigenvalue weighted by Crippen LogP contribution is -2.25. The first-order valence-electron chi connectivity index (χ1n) is 13.0. The summed E-state index contributed by atoms with van der Waals surface area (Å²) in [7, 11) is -4.63. The number of hydrogen-bond donors (Lipinski definition) is 2. The first-order chi connectivity index (χ1) is 18.2. The van der Waals surface area contributed by atoms with Gasteiger partial charge in [-0.2, -0.15) is 0 Å². The number of phosphoric ester groups is 1. The molecule has 3 aromatic rings. The Morgan fingerprint density at radius 3 is 2.37 bits per heavy atom. The predicted octanol–water partition coefficient (Wildman–Crippen LogP) is 6.25. The fourth-order valence-electron chi connectivity index (χ4n) is 5.26. The molecular formula is C30H34NO6P.